The van der Waals surface area contributed by atoms with Gasteiger partial charge in [0.25, 0.3) is 0 Å². The smallest absolute Gasteiger partial charge is 0.240 e. The van der Waals surface area contributed by atoms with Gasteiger partial charge in [-0.05, 0) is 43.2 Å². The molecule has 0 aliphatic heterocycles. The van der Waals surface area contributed by atoms with Gasteiger partial charge in [-0.15, -0.1) is 0 Å². The van der Waals surface area contributed by atoms with Crippen LogP contribution in [0.2, 0.25) is 0 Å². The highest BCUT2D eigenvalue weighted by molar-refractivity contribution is 7.89. The van der Waals surface area contributed by atoms with Crippen LogP contribution in [0.4, 0.5) is 0 Å². The van der Waals surface area contributed by atoms with Crippen molar-refractivity contribution >= 4 is 21.1 Å². The Bertz CT molecular complexity index is 883. The van der Waals surface area contributed by atoms with Crippen molar-refractivity contribution in [2.75, 3.05) is 6.54 Å². The molecule has 0 aliphatic carbocycles. The molecule has 0 bridgehead atoms. The molecule has 0 unspecified atom stereocenters. The van der Waals surface area contributed by atoms with E-state index >= 15 is 0 Å². The number of fused-ring (bicyclic) bond motifs is 1. The van der Waals surface area contributed by atoms with Gasteiger partial charge in [0.1, 0.15) is 5.52 Å². The predicted molar refractivity (Wildman–Crippen MR) is 84.1 cm³/mol. The third kappa shape index (κ3) is 3.18. The van der Waals surface area contributed by atoms with Crippen molar-refractivity contribution in [2.45, 2.75) is 18.2 Å². The van der Waals surface area contributed by atoms with E-state index in [0.717, 1.165) is 16.6 Å². The van der Waals surface area contributed by atoms with Gasteiger partial charge in [-0.2, -0.15) is 0 Å². The Balaban J connectivity index is 1.65. The van der Waals surface area contributed by atoms with E-state index in [0.29, 0.717) is 18.5 Å². The summed E-state index contributed by atoms with van der Waals surface area (Å²) >= 11 is 0. The van der Waals surface area contributed by atoms with Gasteiger partial charge in [0.05, 0.1) is 4.90 Å². The van der Waals surface area contributed by atoms with Crippen LogP contribution < -0.4 is 4.72 Å². The van der Waals surface area contributed by atoms with E-state index in [2.05, 4.69) is 9.71 Å². The first-order valence-corrected chi connectivity index (χ1v) is 8.41. The van der Waals surface area contributed by atoms with Gasteiger partial charge >= 0.3 is 0 Å². The minimum Gasteiger partial charge on any atom is -0.443 e. The quantitative estimate of drug-likeness (QED) is 0.785. The van der Waals surface area contributed by atoms with Crippen LogP contribution >= 0.6 is 0 Å². The molecule has 0 fully saturated rings. The Morgan fingerprint density at radius 3 is 2.68 bits per heavy atom. The predicted octanol–water partition coefficient (Wildman–Crippen LogP) is 2.66. The SMILES string of the molecule is Cc1ccc(S(=O)(=O)NCCc2ccc3ncoc3c2)cc1. The summed E-state index contributed by atoms with van der Waals surface area (Å²) in [5, 5.41) is 0. The van der Waals surface area contributed by atoms with Gasteiger partial charge in [0.2, 0.25) is 10.0 Å². The number of rotatable bonds is 5. The lowest BCUT2D eigenvalue weighted by Crippen LogP contribution is -2.25. The second-order valence-corrected chi connectivity index (χ2v) is 6.88. The standard InChI is InChI=1S/C16H16N2O3S/c1-12-2-5-14(6-3-12)22(19,20)18-9-8-13-4-7-15-16(10-13)21-11-17-15/h2-7,10-11,18H,8-9H2,1H3. The van der Waals surface area contributed by atoms with Gasteiger partial charge in [0, 0.05) is 6.54 Å². The number of nitrogens with zero attached hydrogens (tertiary/aromatic N) is 1. The van der Waals surface area contributed by atoms with E-state index < -0.39 is 10.0 Å². The fraction of sp³-hybridized carbons (Fsp3) is 0.188. The summed E-state index contributed by atoms with van der Waals surface area (Å²) in [6, 6.07) is 12.4. The van der Waals surface area contributed by atoms with E-state index in [1.165, 1.54) is 6.39 Å². The average Bonchev–Trinajstić information content (AvgIpc) is 2.95. The molecule has 0 atom stereocenters. The topological polar surface area (TPSA) is 72.2 Å². The Hall–Kier alpha value is -2.18. The van der Waals surface area contributed by atoms with Crippen molar-refractivity contribution in [3.8, 4) is 0 Å². The van der Waals surface area contributed by atoms with Gasteiger partial charge in [0.15, 0.2) is 12.0 Å². The number of sulfonamides is 1. The van der Waals surface area contributed by atoms with Crippen molar-refractivity contribution in [1.29, 1.82) is 0 Å². The van der Waals surface area contributed by atoms with E-state index in [4.69, 9.17) is 4.42 Å². The van der Waals surface area contributed by atoms with Crippen LogP contribution in [0.25, 0.3) is 11.1 Å². The normalized spacial score (nSPS) is 11.9. The highest BCUT2D eigenvalue weighted by Crippen LogP contribution is 2.15. The van der Waals surface area contributed by atoms with Crippen LogP contribution in [0.15, 0.2) is 58.2 Å². The minimum atomic E-state index is -3.46. The zero-order chi connectivity index (χ0) is 15.6. The summed E-state index contributed by atoms with van der Waals surface area (Å²) in [5.74, 6) is 0. The number of nitrogens with one attached hydrogen (secondary N) is 1. The lowest BCUT2D eigenvalue weighted by atomic mass is 10.1. The molecular weight excluding hydrogens is 300 g/mol. The van der Waals surface area contributed by atoms with E-state index in [9.17, 15) is 8.42 Å². The maximum Gasteiger partial charge on any atom is 0.240 e. The van der Waals surface area contributed by atoms with Crippen LogP contribution in [-0.4, -0.2) is 19.9 Å². The van der Waals surface area contributed by atoms with Crippen molar-refractivity contribution in [3.05, 3.63) is 60.0 Å². The third-order valence-electron chi connectivity index (χ3n) is 3.43. The number of hydrogen-bond acceptors (Lipinski definition) is 4. The lowest BCUT2D eigenvalue weighted by Gasteiger charge is -2.07. The largest absolute Gasteiger partial charge is 0.443 e. The molecule has 0 spiro atoms. The molecule has 114 valence electrons. The summed E-state index contributed by atoms with van der Waals surface area (Å²) < 4.78 is 32.2. The molecule has 1 heterocycles. The average molecular weight is 316 g/mol. The zero-order valence-corrected chi connectivity index (χ0v) is 12.9. The second-order valence-electron chi connectivity index (χ2n) is 5.12. The summed E-state index contributed by atoms with van der Waals surface area (Å²) in [6.07, 6.45) is 1.98. The molecule has 1 N–H and O–H groups in total. The van der Waals surface area contributed by atoms with Crippen molar-refractivity contribution in [2.24, 2.45) is 0 Å². The van der Waals surface area contributed by atoms with E-state index in [1.54, 1.807) is 24.3 Å². The first-order chi connectivity index (χ1) is 10.5. The van der Waals surface area contributed by atoms with Gasteiger partial charge < -0.3 is 4.42 Å². The molecule has 3 aromatic rings. The molecule has 0 amide bonds. The summed E-state index contributed by atoms with van der Waals surface area (Å²) in [5.41, 5.74) is 3.53. The molecule has 0 radical (unpaired) electrons. The van der Waals surface area contributed by atoms with Gasteiger partial charge in [-0.3, -0.25) is 0 Å². The zero-order valence-electron chi connectivity index (χ0n) is 12.1. The number of oxazole rings is 1. The Morgan fingerprint density at radius 1 is 1.14 bits per heavy atom. The second kappa shape index (κ2) is 5.90. The fourth-order valence-electron chi connectivity index (χ4n) is 2.19. The van der Waals surface area contributed by atoms with E-state index in [-0.39, 0.29) is 4.90 Å². The van der Waals surface area contributed by atoms with Crippen molar-refractivity contribution < 1.29 is 12.8 Å². The molecule has 3 rings (SSSR count). The number of hydrogen-bond donors (Lipinski definition) is 1. The van der Waals surface area contributed by atoms with Gasteiger partial charge in [-0.25, -0.2) is 18.1 Å². The molecular formula is C16H16N2O3S. The summed E-state index contributed by atoms with van der Waals surface area (Å²) in [4.78, 5) is 4.33. The third-order valence-corrected chi connectivity index (χ3v) is 4.91. The van der Waals surface area contributed by atoms with Gasteiger partial charge in [-0.1, -0.05) is 23.8 Å². The van der Waals surface area contributed by atoms with Crippen LogP contribution in [0, 0.1) is 6.92 Å². The van der Waals surface area contributed by atoms with Crippen LogP contribution in [0.3, 0.4) is 0 Å². The van der Waals surface area contributed by atoms with Crippen molar-refractivity contribution in [3.63, 3.8) is 0 Å². The monoisotopic (exact) mass is 316 g/mol. The molecule has 1 aromatic heterocycles. The number of benzene rings is 2. The van der Waals surface area contributed by atoms with Crippen molar-refractivity contribution in [1.82, 2.24) is 9.71 Å². The first-order valence-electron chi connectivity index (χ1n) is 6.93. The molecule has 6 heteroatoms. The highest BCUT2D eigenvalue weighted by Gasteiger charge is 2.12. The van der Waals surface area contributed by atoms with Crippen LogP contribution in [-0.2, 0) is 16.4 Å². The number of aryl methyl sites for hydroxylation is 1. The molecule has 0 saturated carbocycles. The number of aromatic nitrogens is 1. The molecule has 22 heavy (non-hydrogen) atoms. The Kier molecular flexibility index (Phi) is 3.96. The molecule has 0 saturated heterocycles. The Labute approximate surface area is 129 Å². The molecule has 5 nitrogen and oxygen atoms in total. The maximum absolute atomic E-state index is 12.2. The maximum atomic E-state index is 12.2. The van der Waals surface area contributed by atoms with Crippen LogP contribution in [0.1, 0.15) is 11.1 Å². The first kappa shape index (κ1) is 14.7. The highest BCUT2D eigenvalue weighted by atomic mass is 32.2. The molecule has 2 aromatic carbocycles. The summed E-state index contributed by atoms with van der Waals surface area (Å²) in [7, 11) is -3.46. The van der Waals surface area contributed by atoms with E-state index in [1.807, 2.05) is 25.1 Å². The Morgan fingerprint density at radius 2 is 1.91 bits per heavy atom. The van der Waals surface area contributed by atoms with Crippen LogP contribution in [0.5, 0.6) is 0 Å². The lowest BCUT2D eigenvalue weighted by molar-refractivity contribution is 0.581. The molecule has 0 aliphatic rings. The summed E-state index contributed by atoms with van der Waals surface area (Å²) in [6.45, 7) is 2.25. The fourth-order valence-corrected chi connectivity index (χ4v) is 3.22. The minimum absolute atomic E-state index is 0.281.